The van der Waals surface area contributed by atoms with Gasteiger partial charge in [-0.15, -0.1) is 0 Å². The van der Waals surface area contributed by atoms with E-state index in [0.717, 1.165) is 16.7 Å². The van der Waals surface area contributed by atoms with Crippen molar-refractivity contribution >= 4 is 29.2 Å². The minimum absolute atomic E-state index is 0.252. The highest BCUT2D eigenvalue weighted by molar-refractivity contribution is 5.94. The number of hydrogen-bond donors (Lipinski definition) is 1. The zero-order valence-electron chi connectivity index (χ0n) is 16.3. The number of benzene rings is 3. The molecule has 4 aromatic rings. The number of fused-ring (bicyclic) bond motifs is 1. The summed E-state index contributed by atoms with van der Waals surface area (Å²) < 4.78 is 23.9. The van der Waals surface area contributed by atoms with Gasteiger partial charge in [0, 0.05) is 6.08 Å². The summed E-state index contributed by atoms with van der Waals surface area (Å²) in [6.45, 7) is 3.68. The number of hydrogen-bond acceptors (Lipinski definition) is 5. The number of halogens is 1. The average molecular weight is 403 g/mol. The fourth-order valence-corrected chi connectivity index (χ4v) is 3.06. The molecule has 1 N–H and O–H groups in total. The first kappa shape index (κ1) is 19.4. The molecule has 30 heavy (non-hydrogen) atoms. The molecule has 3 aromatic carbocycles. The number of esters is 1. The van der Waals surface area contributed by atoms with Crippen LogP contribution in [0.5, 0.6) is 11.5 Å². The van der Waals surface area contributed by atoms with E-state index in [-0.39, 0.29) is 11.5 Å². The third kappa shape index (κ3) is 4.07. The van der Waals surface area contributed by atoms with Crippen LogP contribution in [0, 0.1) is 19.7 Å². The van der Waals surface area contributed by atoms with Crippen LogP contribution in [0.4, 0.5) is 4.39 Å². The number of aromatic hydroxyl groups is 1. The quantitative estimate of drug-likeness (QED) is 0.351. The van der Waals surface area contributed by atoms with E-state index in [4.69, 9.17) is 9.15 Å². The molecule has 0 aliphatic carbocycles. The zero-order valence-corrected chi connectivity index (χ0v) is 16.3. The third-order valence-electron chi connectivity index (χ3n) is 4.60. The summed E-state index contributed by atoms with van der Waals surface area (Å²) in [7, 11) is 0. The Morgan fingerprint density at radius 3 is 2.43 bits per heavy atom. The third-order valence-corrected chi connectivity index (χ3v) is 4.60. The second kappa shape index (κ2) is 7.83. The largest absolute Gasteiger partial charge is 0.507 e. The summed E-state index contributed by atoms with van der Waals surface area (Å²) in [5, 5.41) is 9.88. The van der Waals surface area contributed by atoms with Crippen molar-refractivity contribution in [3.8, 4) is 11.5 Å². The Morgan fingerprint density at radius 2 is 1.73 bits per heavy atom. The van der Waals surface area contributed by atoms with Crippen LogP contribution in [0.3, 0.4) is 0 Å². The predicted octanol–water partition coefficient (Wildman–Crippen LogP) is 5.68. The van der Waals surface area contributed by atoms with E-state index < -0.39 is 11.8 Å². The second-order valence-corrected chi connectivity index (χ2v) is 6.91. The Kier molecular flexibility index (Phi) is 5.06. The average Bonchev–Trinajstić information content (AvgIpc) is 3.14. The number of carbonyl (C=O) groups is 1. The van der Waals surface area contributed by atoms with Crippen molar-refractivity contribution in [1.29, 1.82) is 0 Å². The van der Waals surface area contributed by atoms with Gasteiger partial charge in [-0.1, -0.05) is 0 Å². The van der Waals surface area contributed by atoms with Gasteiger partial charge in [-0.25, -0.2) is 14.2 Å². The summed E-state index contributed by atoms with van der Waals surface area (Å²) in [5.41, 5.74) is 3.83. The van der Waals surface area contributed by atoms with Gasteiger partial charge in [0.05, 0.1) is 5.56 Å². The molecule has 5 nitrogen and oxygen atoms in total. The lowest BCUT2D eigenvalue weighted by Crippen LogP contribution is -2.08. The maximum Gasteiger partial charge on any atom is 0.343 e. The van der Waals surface area contributed by atoms with E-state index in [1.807, 2.05) is 32.1 Å². The van der Waals surface area contributed by atoms with Crippen LogP contribution in [-0.2, 0) is 0 Å². The van der Waals surface area contributed by atoms with Crippen molar-refractivity contribution in [3.05, 3.63) is 88.6 Å². The maximum absolute atomic E-state index is 13.0. The lowest BCUT2D eigenvalue weighted by Gasteiger charge is -2.04. The van der Waals surface area contributed by atoms with E-state index in [0.29, 0.717) is 22.6 Å². The monoisotopic (exact) mass is 403 g/mol. The topological polar surface area (TPSA) is 72.6 Å². The maximum atomic E-state index is 13.0. The number of aromatic nitrogens is 1. The van der Waals surface area contributed by atoms with Crippen LogP contribution in [0.2, 0.25) is 0 Å². The fourth-order valence-electron chi connectivity index (χ4n) is 3.06. The van der Waals surface area contributed by atoms with E-state index in [1.54, 1.807) is 24.3 Å². The molecule has 0 spiro atoms. The molecule has 0 amide bonds. The van der Waals surface area contributed by atoms with Gasteiger partial charge in [-0.05, 0) is 91.2 Å². The molecule has 0 radical (unpaired) electrons. The first-order chi connectivity index (χ1) is 14.4. The van der Waals surface area contributed by atoms with Crippen LogP contribution >= 0.6 is 0 Å². The van der Waals surface area contributed by atoms with Crippen molar-refractivity contribution in [1.82, 2.24) is 4.98 Å². The van der Waals surface area contributed by atoms with Crippen LogP contribution in [0.15, 0.2) is 59.0 Å². The minimum atomic E-state index is -0.577. The Balaban J connectivity index is 1.55. The Morgan fingerprint density at radius 1 is 1.03 bits per heavy atom. The molecule has 0 fully saturated rings. The van der Waals surface area contributed by atoms with Gasteiger partial charge in [-0.2, -0.15) is 0 Å². The molecule has 1 heterocycles. The molecule has 0 unspecified atom stereocenters. The number of phenolic OH excluding ortho intramolecular Hbond substituents is 1. The van der Waals surface area contributed by atoms with Crippen LogP contribution in [0.25, 0.3) is 23.3 Å². The molecule has 4 rings (SSSR count). The molecule has 0 saturated carbocycles. The molecule has 0 bridgehead atoms. The first-order valence-electron chi connectivity index (χ1n) is 9.26. The number of carbonyl (C=O) groups excluding carboxylic acids is 1. The van der Waals surface area contributed by atoms with Crippen LogP contribution in [0.1, 0.15) is 32.9 Å². The number of ether oxygens (including phenoxy) is 1. The SMILES string of the molecule is Cc1cc(C=Cc2nc3ccc(C(=O)Oc4ccc(F)cc4)cc3o2)cc(C)c1O. The number of nitrogens with zero attached hydrogens (tertiary/aromatic N) is 1. The standard InChI is InChI=1S/C24H18FNO4/c1-14-11-16(12-15(2)23(14)27)3-10-22-26-20-9-4-17(13-21(20)30-22)24(28)29-19-7-5-18(25)6-8-19/h3-13,27H,1-2H3. The molecular weight excluding hydrogens is 385 g/mol. The van der Waals surface area contributed by atoms with Gasteiger partial charge < -0.3 is 14.3 Å². The molecule has 0 aliphatic heterocycles. The number of rotatable bonds is 4. The Labute approximate surface area is 172 Å². The summed E-state index contributed by atoms with van der Waals surface area (Å²) >= 11 is 0. The van der Waals surface area contributed by atoms with Crippen molar-refractivity contribution in [2.75, 3.05) is 0 Å². The molecule has 150 valence electrons. The Bertz CT molecular complexity index is 1250. The highest BCUT2D eigenvalue weighted by Crippen LogP contribution is 2.25. The van der Waals surface area contributed by atoms with Gasteiger partial charge in [-0.3, -0.25) is 0 Å². The minimum Gasteiger partial charge on any atom is -0.507 e. The first-order valence-corrected chi connectivity index (χ1v) is 9.26. The van der Waals surface area contributed by atoms with Crippen LogP contribution in [-0.4, -0.2) is 16.1 Å². The van der Waals surface area contributed by atoms with Gasteiger partial charge in [0.1, 0.15) is 22.8 Å². The van der Waals surface area contributed by atoms with Crippen molar-refractivity contribution in [2.24, 2.45) is 0 Å². The van der Waals surface area contributed by atoms with Gasteiger partial charge >= 0.3 is 5.97 Å². The van der Waals surface area contributed by atoms with Crippen molar-refractivity contribution in [3.63, 3.8) is 0 Å². The number of phenols is 1. The molecule has 0 aliphatic rings. The zero-order chi connectivity index (χ0) is 21.3. The second-order valence-electron chi connectivity index (χ2n) is 6.91. The van der Waals surface area contributed by atoms with E-state index in [9.17, 15) is 14.3 Å². The summed E-state index contributed by atoms with van der Waals surface area (Å²) in [6, 6.07) is 13.8. The van der Waals surface area contributed by atoms with Gasteiger partial charge in [0.15, 0.2) is 5.58 Å². The summed E-state index contributed by atoms with van der Waals surface area (Å²) in [4.78, 5) is 16.7. The predicted molar refractivity (Wildman–Crippen MR) is 112 cm³/mol. The lowest BCUT2D eigenvalue weighted by atomic mass is 10.1. The highest BCUT2D eigenvalue weighted by Gasteiger charge is 2.12. The van der Waals surface area contributed by atoms with Crippen molar-refractivity contribution < 1.29 is 23.4 Å². The molecular formula is C24H18FNO4. The van der Waals surface area contributed by atoms with Gasteiger partial charge in [0.25, 0.3) is 0 Å². The van der Waals surface area contributed by atoms with Crippen LogP contribution < -0.4 is 4.74 Å². The smallest absolute Gasteiger partial charge is 0.343 e. The number of aryl methyl sites for hydroxylation is 2. The number of oxazole rings is 1. The molecule has 0 saturated heterocycles. The molecule has 1 aromatic heterocycles. The fraction of sp³-hybridized carbons (Fsp3) is 0.0833. The molecule has 0 atom stereocenters. The van der Waals surface area contributed by atoms with E-state index in [1.165, 1.54) is 24.3 Å². The van der Waals surface area contributed by atoms with E-state index >= 15 is 0 Å². The van der Waals surface area contributed by atoms with Crippen molar-refractivity contribution in [2.45, 2.75) is 13.8 Å². The summed E-state index contributed by atoms with van der Waals surface area (Å²) in [6.07, 6.45) is 3.57. The highest BCUT2D eigenvalue weighted by atomic mass is 19.1. The summed E-state index contributed by atoms with van der Waals surface area (Å²) in [5.74, 6) is -0.0585. The molecule has 6 heteroatoms. The van der Waals surface area contributed by atoms with E-state index in [2.05, 4.69) is 4.98 Å². The van der Waals surface area contributed by atoms with Gasteiger partial charge in [0.2, 0.25) is 5.89 Å². The Hall–Kier alpha value is -3.93. The lowest BCUT2D eigenvalue weighted by molar-refractivity contribution is 0.0734. The normalized spacial score (nSPS) is 11.3.